The molecule has 1 amide bonds. The van der Waals surface area contributed by atoms with Crippen LogP contribution in [0.2, 0.25) is 0 Å². The molecular weight excluding hydrogens is 390 g/mol. The number of para-hydroxylation sites is 2. The third-order valence-electron chi connectivity index (χ3n) is 3.94. The highest BCUT2D eigenvalue weighted by Gasteiger charge is 2.12. The van der Waals surface area contributed by atoms with Crippen LogP contribution in [0.5, 0.6) is 23.0 Å². The average Bonchev–Trinajstić information content (AvgIpc) is 2.77. The summed E-state index contributed by atoms with van der Waals surface area (Å²) in [5, 5.41) is 2.65. The SMILES string of the molecule is CCOc1ccccc1NC(=O)COC(=O)/C=C/c1cc(OC)c(OC)cc1OC. The molecule has 0 radical (unpaired) electrons. The van der Waals surface area contributed by atoms with Crippen LogP contribution in [-0.2, 0) is 14.3 Å². The average molecular weight is 415 g/mol. The molecule has 0 atom stereocenters. The van der Waals surface area contributed by atoms with Crippen LogP contribution in [0.3, 0.4) is 0 Å². The summed E-state index contributed by atoms with van der Waals surface area (Å²) in [6.45, 7) is 1.87. The molecule has 30 heavy (non-hydrogen) atoms. The Kier molecular flexibility index (Phi) is 8.56. The molecule has 0 aliphatic heterocycles. The van der Waals surface area contributed by atoms with Crippen LogP contribution in [-0.4, -0.2) is 46.4 Å². The third-order valence-corrected chi connectivity index (χ3v) is 3.94. The molecule has 0 saturated heterocycles. The summed E-state index contributed by atoms with van der Waals surface area (Å²) in [5.41, 5.74) is 1.09. The topological polar surface area (TPSA) is 92.3 Å². The third kappa shape index (κ3) is 6.16. The van der Waals surface area contributed by atoms with Gasteiger partial charge in [-0.3, -0.25) is 4.79 Å². The fraction of sp³-hybridized carbons (Fsp3) is 0.273. The summed E-state index contributed by atoms with van der Waals surface area (Å²) in [6.07, 6.45) is 2.70. The number of nitrogens with one attached hydrogen (secondary N) is 1. The van der Waals surface area contributed by atoms with Crippen molar-refractivity contribution < 1.29 is 33.3 Å². The second-order valence-corrected chi connectivity index (χ2v) is 5.87. The Bertz CT molecular complexity index is 908. The molecule has 0 saturated carbocycles. The van der Waals surface area contributed by atoms with E-state index in [-0.39, 0.29) is 0 Å². The van der Waals surface area contributed by atoms with Gasteiger partial charge in [0.25, 0.3) is 5.91 Å². The molecule has 0 heterocycles. The van der Waals surface area contributed by atoms with Gasteiger partial charge in [-0.25, -0.2) is 4.79 Å². The number of amides is 1. The molecule has 8 nitrogen and oxygen atoms in total. The van der Waals surface area contributed by atoms with Crippen molar-refractivity contribution in [2.24, 2.45) is 0 Å². The Labute approximate surface area is 175 Å². The number of rotatable bonds is 10. The van der Waals surface area contributed by atoms with E-state index < -0.39 is 18.5 Å². The highest BCUT2D eigenvalue weighted by Crippen LogP contribution is 2.35. The van der Waals surface area contributed by atoms with Crippen molar-refractivity contribution in [3.8, 4) is 23.0 Å². The van der Waals surface area contributed by atoms with E-state index in [1.165, 1.54) is 33.5 Å². The Morgan fingerprint density at radius 1 is 0.933 bits per heavy atom. The number of carbonyl (C=O) groups is 2. The lowest BCUT2D eigenvalue weighted by atomic mass is 10.1. The Hall–Kier alpha value is -3.68. The zero-order valence-corrected chi connectivity index (χ0v) is 17.4. The van der Waals surface area contributed by atoms with E-state index in [2.05, 4.69) is 5.32 Å². The van der Waals surface area contributed by atoms with E-state index >= 15 is 0 Å². The minimum atomic E-state index is -0.680. The predicted octanol–water partition coefficient (Wildman–Crippen LogP) is 3.31. The van der Waals surface area contributed by atoms with Crippen molar-refractivity contribution in [3.05, 3.63) is 48.0 Å². The molecule has 0 aliphatic rings. The van der Waals surface area contributed by atoms with Crippen molar-refractivity contribution in [1.29, 1.82) is 0 Å². The standard InChI is InChI=1S/C22H25NO7/c1-5-29-17-9-7-6-8-16(17)23-21(24)14-30-22(25)11-10-15-12-19(27-3)20(28-4)13-18(15)26-2/h6-13H,5,14H2,1-4H3,(H,23,24)/b11-10+. The molecular formula is C22H25NO7. The molecule has 8 heteroatoms. The van der Waals surface area contributed by atoms with Gasteiger partial charge in [0.2, 0.25) is 0 Å². The maximum Gasteiger partial charge on any atom is 0.331 e. The Balaban J connectivity index is 1.98. The van der Waals surface area contributed by atoms with Crippen LogP contribution >= 0.6 is 0 Å². The van der Waals surface area contributed by atoms with Gasteiger partial charge >= 0.3 is 5.97 Å². The van der Waals surface area contributed by atoms with E-state index in [0.717, 1.165) is 0 Å². The molecule has 160 valence electrons. The largest absolute Gasteiger partial charge is 0.496 e. The number of anilines is 1. The van der Waals surface area contributed by atoms with Crippen molar-refractivity contribution in [3.63, 3.8) is 0 Å². The van der Waals surface area contributed by atoms with Gasteiger partial charge in [-0.05, 0) is 31.2 Å². The molecule has 2 aromatic rings. The van der Waals surface area contributed by atoms with Crippen molar-refractivity contribution >= 4 is 23.6 Å². The van der Waals surface area contributed by atoms with Crippen molar-refractivity contribution in [2.45, 2.75) is 6.92 Å². The summed E-state index contributed by atoms with van der Waals surface area (Å²) in [5.74, 6) is 0.853. The molecule has 0 aliphatic carbocycles. The zero-order valence-electron chi connectivity index (χ0n) is 17.4. The molecule has 1 N–H and O–H groups in total. The highest BCUT2D eigenvalue weighted by molar-refractivity contribution is 5.95. The molecule has 0 bridgehead atoms. The second-order valence-electron chi connectivity index (χ2n) is 5.87. The van der Waals surface area contributed by atoms with Crippen LogP contribution in [0.25, 0.3) is 6.08 Å². The fourth-order valence-corrected chi connectivity index (χ4v) is 2.56. The zero-order chi connectivity index (χ0) is 21.9. The first-order valence-corrected chi connectivity index (χ1v) is 9.18. The van der Waals surface area contributed by atoms with E-state index in [9.17, 15) is 9.59 Å². The van der Waals surface area contributed by atoms with E-state index in [1.807, 2.05) is 6.92 Å². The van der Waals surface area contributed by atoms with Crippen LogP contribution in [0.4, 0.5) is 5.69 Å². The van der Waals surface area contributed by atoms with E-state index in [0.29, 0.717) is 40.9 Å². The van der Waals surface area contributed by atoms with Gasteiger partial charge in [-0.15, -0.1) is 0 Å². The normalized spacial score (nSPS) is 10.4. The van der Waals surface area contributed by atoms with E-state index in [4.69, 9.17) is 23.7 Å². The number of carbonyl (C=O) groups excluding carboxylic acids is 2. The number of esters is 1. The predicted molar refractivity (Wildman–Crippen MR) is 112 cm³/mol. The van der Waals surface area contributed by atoms with Gasteiger partial charge in [0.05, 0.1) is 33.6 Å². The molecule has 2 rings (SSSR count). The molecule has 0 aromatic heterocycles. The lowest BCUT2D eigenvalue weighted by Crippen LogP contribution is -2.20. The molecule has 0 unspecified atom stereocenters. The lowest BCUT2D eigenvalue weighted by Gasteiger charge is -2.12. The Morgan fingerprint density at radius 2 is 1.60 bits per heavy atom. The summed E-state index contributed by atoms with van der Waals surface area (Å²) < 4.78 is 26.2. The quantitative estimate of drug-likeness (QED) is 0.470. The smallest absolute Gasteiger partial charge is 0.331 e. The van der Waals surface area contributed by atoms with Gasteiger partial charge in [-0.1, -0.05) is 12.1 Å². The highest BCUT2D eigenvalue weighted by atomic mass is 16.5. The minimum Gasteiger partial charge on any atom is -0.496 e. The number of benzene rings is 2. The Morgan fingerprint density at radius 3 is 2.27 bits per heavy atom. The summed E-state index contributed by atoms with van der Waals surface area (Å²) >= 11 is 0. The van der Waals surface area contributed by atoms with Gasteiger partial charge in [0.1, 0.15) is 11.5 Å². The summed E-state index contributed by atoms with van der Waals surface area (Å²) in [7, 11) is 4.53. The maximum absolute atomic E-state index is 12.1. The maximum atomic E-state index is 12.1. The second kappa shape index (κ2) is 11.4. The number of ether oxygens (including phenoxy) is 5. The summed E-state index contributed by atoms with van der Waals surface area (Å²) in [4.78, 5) is 24.1. The fourth-order valence-electron chi connectivity index (χ4n) is 2.56. The van der Waals surface area contributed by atoms with Gasteiger partial charge in [-0.2, -0.15) is 0 Å². The lowest BCUT2D eigenvalue weighted by molar-refractivity contribution is -0.142. The first kappa shape index (κ1) is 22.6. The summed E-state index contributed by atoms with van der Waals surface area (Å²) in [6, 6.07) is 10.3. The number of hydrogen-bond acceptors (Lipinski definition) is 7. The minimum absolute atomic E-state index is 0.438. The molecule has 0 spiro atoms. The van der Waals surface area contributed by atoms with Gasteiger partial charge in [0, 0.05) is 17.7 Å². The van der Waals surface area contributed by atoms with E-state index in [1.54, 1.807) is 36.4 Å². The van der Waals surface area contributed by atoms with Gasteiger partial charge in [0.15, 0.2) is 18.1 Å². The van der Waals surface area contributed by atoms with Crippen LogP contribution in [0.15, 0.2) is 42.5 Å². The monoisotopic (exact) mass is 415 g/mol. The number of hydrogen-bond donors (Lipinski definition) is 1. The molecule has 2 aromatic carbocycles. The van der Waals surface area contributed by atoms with Crippen LogP contribution < -0.4 is 24.3 Å². The van der Waals surface area contributed by atoms with Gasteiger partial charge < -0.3 is 29.0 Å². The van der Waals surface area contributed by atoms with Crippen molar-refractivity contribution in [1.82, 2.24) is 0 Å². The first-order chi connectivity index (χ1) is 14.5. The molecule has 0 fully saturated rings. The first-order valence-electron chi connectivity index (χ1n) is 9.18. The number of methoxy groups -OCH3 is 3. The van der Waals surface area contributed by atoms with Crippen LogP contribution in [0, 0.1) is 0 Å². The van der Waals surface area contributed by atoms with Crippen molar-refractivity contribution in [2.75, 3.05) is 39.9 Å². The van der Waals surface area contributed by atoms with Crippen LogP contribution in [0.1, 0.15) is 12.5 Å².